The molecule has 0 amide bonds. The van der Waals surface area contributed by atoms with Crippen molar-refractivity contribution in [2.75, 3.05) is 0 Å². The van der Waals surface area contributed by atoms with E-state index in [4.69, 9.17) is 19.4 Å². The van der Waals surface area contributed by atoms with Crippen LogP contribution < -0.4 is 0 Å². The minimum atomic E-state index is 0.519. The lowest BCUT2D eigenvalue weighted by Crippen LogP contribution is -2.07. The van der Waals surface area contributed by atoms with Gasteiger partial charge in [-0.3, -0.25) is 4.57 Å². The van der Waals surface area contributed by atoms with E-state index in [0.717, 1.165) is 77.1 Å². The summed E-state index contributed by atoms with van der Waals surface area (Å²) in [6, 6.07) is 67.4. The van der Waals surface area contributed by atoms with E-state index in [1.54, 1.807) is 0 Å². The molecule has 262 valence electrons. The number of aromatic nitrogens is 4. The average Bonchev–Trinajstić information content (AvgIpc) is 3.83. The molecule has 0 atom stereocenters. The number of para-hydroxylation sites is 2. The molecule has 0 saturated heterocycles. The Morgan fingerprint density at radius 3 is 1.55 bits per heavy atom. The van der Waals surface area contributed by atoms with Crippen LogP contribution in [0.4, 0.5) is 0 Å². The van der Waals surface area contributed by atoms with Gasteiger partial charge in [-0.15, -0.1) is 0 Å². The van der Waals surface area contributed by atoms with Crippen molar-refractivity contribution < 1.29 is 4.42 Å². The van der Waals surface area contributed by atoms with Gasteiger partial charge in [-0.2, -0.15) is 9.97 Å². The molecule has 0 aliphatic carbocycles. The number of benzene rings is 8. The molecular formula is C51H32N4O. The van der Waals surface area contributed by atoms with E-state index < -0.39 is 0 Å². The number of rotatable bonds is 6. The maximum atomic E-state index is 6.67. The molecule has 0 aliphatic rings. The molecule has 0 unspecified atom stereocenters. The molecule has 0 fully saturated rings. The van der Waals surface area contributed by atoms with Crippen LogP contribution in [0.5, 0.6) is 0 Å². The maximum absolute atomic E-state index is 6.67. The average molecular weight is 717 g/mol. The second-order valence-corrected chi connectivity index (χ2v) is 13.9. The van der Waals surface area contributed by atoms with Crippen LogP contribution >= 0.6 is 0 Å². The van der Waals surface area contributed by atoms with Gasteiger partial charge < -0.3 is 4.42 Å². The Bertz CT molecular complexity index is 3250. The van der Waals surface area contributed by atoms with Crippen molar-refractivity contribution in [3.05, 3.63) is 194 Å². The zero-order valence-corrected chi connectivity index (χ0v) is 30.2. The van der Waals surface area contributed by atoms with Crippen LogP contribution in [-0.4, -0.2) is 19.5 Å². The number of hydrogen-bond donors (Lipinski definition) is 0. The molecule has 0 spiro atoms. The molecule has 11 aromatic rings. The molecule has 0 radical (unpaired) electrons. The van der Waals surface area contributed by atoms with Crippen molar-refractivity contribution in [2.24, 2.45) is 0 Å². The summed E-state index contributed by atoms with van der Waals surface area (Å²) in [4.78, 5) is 15.9. The lowest BCUT2D eigenvalue weighted by molar-refractivity contribution is 0.670. The minimum Gasteiger partial charge on any atom is -0.454 e. The lowest BCUT2D eigenvalue weighted by atomic mass is 9.88. The molecule has 5 nitrogen and oxygen atoms in total. The van der Waals surface area contributed by atoms with Gasteiger partial charge in [0.25, 0.3) is 0 Å². The Morgan fingerprint density at radius 1 is 0.339 bits per heavy atom. The zero-order chi connectivity index (χ0) is 37.0. The maximum Gasteiger partial charge on any atom is 0.238 e. The van der Waals surface area contributed by atoms with Crippen molar-refractivity contribution in [1.29, 1.82) is 0 Å². The van der Waals surface area contributed by atoms with Crippen molar-refractivity contribution in [1.82, 2.24) is 19.5 Å². The summed E-state index contributed by atoms with van der Waals surface area (Å²) in [5.41, 5.74) is 12.1. The van der Waals surface area contributed by atoms with Crippen LogP contribution in [0.15, 0.2) is 199 Å². The van der Waals surface area contributed by atoms with E-state index in [0.29, 0.717) is 17.6 Å². The third-order valence-corrected chi connectivity index (χ3v) is 10.7. The van der Waals surface area contributed by atoms with Gasteiger partial charge in [0.15, 0.2) is 17.2 Å². The van der Waals surface area contributed by atoms with Crippen LogP contribution in [-0.2, 0) is 0 Å². The minimum absolute atomic E-state index is 0.519. The Hall–Kier alpha value is -7.63. The highest BCUT2D eigenvalue weighted by atomic mass is 16.3. The number of fused-ring (bicyclic) bond motifs is 7. The van der Waals surface area contributed by atoms with E-state index in [1.165, 1.54) is 11.1 Å². The van der Waals surface area contributed by atoms with Crippen LogP contribution in [0.3, 0.4) is 0 Å². The molecule has 5 heteroatoms. The second kappa shape index (κ2) is 13.0. The Labute approximate surface area is 322 Å². The molecule has 8 aromatic carbocycles. The van der Waals surface area contributed by atoms with Gasteiger partial charge in [-0.1, -0.05) is 176 Å². The summed E-state index contributed by atoms with van der Waals surface area (Å²) in [7, 11) is 0. The van der Waals surface area contributed by atoms with Gasteiger partial charge in [0.2, 0.25) is 5.95 Å². The van der Waals surface area contributed by atoms with Crippen LogP contribution in [0.1, 0.15) is 0 Å². The van der Waals surface area contributed by atoms with E-state index >= 15 is 0 Å². The predicted molar refractivity (Wildman–Crippen MR) is 229 cm³/mol. The zero-order valence-electron chi connectivity index (χ0n) is 30.2. The first-order chi connectivity index (χ1) is 27.8. The number of hydrogen-bond acceptors (Lipinski definition) is 4. The van der Waals surface area contributed by atoms with Gasteiger partial charge in [-0.25, -0.2) is 4.98 Å². The third kappa shape index (κ3) is 5.13. The number of nitrogens with zero attached hydrogens (tertiary/aromatic N) is 4. The van der Waals surface area contributed by atoms with E-state index in [2.05, 4.69) is 156 Å². The fraction of sp³-hybridized carbons (Fsp3) is 0. The fourth-order valence-electron chi connectivity index (χ4n) is 8.19. The molecular weight excluding hydrogens is 685 g/mol. The normalized spacial score (nSPS) is 11.6. The van der Waals surface area contributed by atoms with Gasteiger partial charge in [0.05, 0.1) is 5.52 Å². The molecule has 0 saturated carbocycles. The quantitative estimate of drug-likeness (QED) is 0.172. The first kappa shape index (κ1) is 31.9. The third-order valence-electron chi connectivity index (χ3n) is 10.7. The highest BCUT2D eigenvalue weighted by Gasteiger charge is 2.23. The molecule has 0 aliphatic heterocycles. The van der Waals surface area contributed by atoms with Crippen molar-refractivity contribution in [3.8, 4) is 62.1 Å². The summed E-state index contributed by atoms with van der Waals surface area (Å²) in [5, 5.41) is 4.29. The smallest absolute Gasteiger partial charge is 0.238 e. The largest absolute Gasteiger partial charge is 0.454 e. The van der Waals surface area contributed by atoms with Crippen LogP contribution in [0.2, 0.25) is 0 Å². The molecule has 0 bridgehead atoms. The van der Waals surface area contributed by atoms with Gasteiger partial charge in [0.1, 0.15) is 11.1 Å². The molecule has 11 rings (SSSR count). The SMILES string of the molecule is c1ccc(-c2nc(-c3ccccc3-c3ccccc3-c3ccccc3-c3ccccc3)nc(-n3c4ccccc4c4ccc5c6ccccc6oc5c43)n2)cc1. The number of furan rings is 1. The van der Waals surface area contributed by atoms with Gasteiger partial charge in [-0.05, 0) is 51.6 Å². The summed E-state index contributed by atoms with van der Waals surface area (Å²) in [6.45, 7) is 0. The van der Waals surface area contributed by atoms with Crippen molar-refractivity contribution >= 4 is 43.7 Å². The molecule has 3 heterocycles. The van der Waals surface area contributed by atoms with E-state index in [9.17, 15) is 0 Å². The van der Waals surface area contributed by atoms with E-state index in [1.807, 2.05) is 42.5 Å². The summed E-state index contributed by atoms with van der Waals surface area (Å²) < 4.78 is 8.82. The predicted octanol–water partition coefficient (Wildman–Crippen LogP) is 13.2. The molecule has 56 heavy (non-hydrogen) atoms. The first-order valence-electron chi connectivity index (χ1n) is 18.8. The Morgan fingerprint density at radius 2 is 0.839 bits per heavy atom. The monoisotopic (exact) mass is 716 g/mol. The topological polar surface area (TPSA) is 56.7 Å². The van der Waals surface area contributed by atoms with E-state index in [-0.39, 0.29) is 0 Å². The summed E-state index contributed by atoms with van der Waals surface area (Å²) in [6.07, 6.45) is 0. The summed E-state index contributed by atoms with van der Waals surface area (Å²) >= 11 is 0. The molecule has 0 N–H and O–H groups in total. The van der Waals surface area contributed by atoms with Crippen LogP contribution in [0.25, 0.3) is 106 Å². The first-order valence-corrected chi connectivity index (χ1v) is 18.8. The van der Waals surface area contributed by atoms with Crippen LogP contribution in [0, 0.1) is 0 Å². The summed E-state index contributed by atoms with van der Waals surface area (Å²) in [5.74, 6) is 1.69. The Kier molecular flexibility index (Phi) is 7.42. The van der Waals surface area contributed by atoms with Gasteiger partial charge in [0, 0.05) is 32.7 Å². The standard InChI is InChI=1S/C51H32N4O/c1-3-17-33(18-4-1)35-21-7-8-22-36(35)37-23-9-10-24-38(37)39-25-11-12-28-44(39)50-52-49(34-19-5-2-6-20-34)53-51(54-50)55-45-29-15-13-26-40(45)42-31-32-43-41-27-14-16-30-46(41)56-48(43)47(42)55/h1-32H. The van der Waals surface area contributed by atoms with Gasteiger partial charge >= 0.3 is 0 Å². The second-order valence-electron chi connectivity index (χ2n) is 13.9. The highest BCUT2D eigenvalue weighted by molar-refractivity contribution is 6.21. The molecule has 3 aromatic heterocycles. The fourth-order valence-corrected chi connectivity index (χ4v) is 8.19. The van der Waals surface area contributed by atoms with Crippen molar-refractivity contribution in [2.45, 2.75) is 0 Å². The lowest BCUT2D eigenvalue weighted by Gasteiger charge is -2.17. The Balaban J connectivity index is 1.18. The highest BCUT2D eigenvalue weighted by Crippen LogP contribution is 2.43. The van der Waals surface area contributed by atoms with Crippen molar-refractivity contribution in [3.63, 3.8) is 0 Å².